The predicted molar refractivity (Wildman–Crippen MR) is 115 cm³/mol. The van der Waals surface area contributed by atoms with E-state index in [1.54, 1.807) is 44.6 Å². The monoisotopic (exact) mass is 441 g/mol. The minimum absolute atomic E-state index is 0.0347. The van der Waals surface area contributed by atoms with Crippen molar-refractivity contribution in [1.29, 1.82) is 5.26 Å². The third kappa shape index (κ3) is 3.96. The van der Waals surface area contributed by atoms with E-state index < -0.39 is 5.92 Å². The summed E-state index contributed by atoms with van der Waals surface area (Å²) < 4.78 is 21.8. The van der Waals surface area contributed by atoms with Crippen molar-refractivity contribution in [2.24, 2.45) is 0 Å². The Kier molecular flexibility index (Phi) is 6.11. The number of furan rings is 1. The van der Waals surface area contributed by atoms with Gasteiger partial charge in [-0.25, -0.2) is 0 Å². The van der Waals surface area contributed by atoms with Gasteiger partial charge in [0.1, 0.15) is 11.5 Å². The average Bonchev–Trinajstić information content (AvgIpc) is 3.31. The molecule has 0 saturated carbocycles. The van der Waals surface area contributed by atoms with Crippen LogP contribution in [0.4, 0.5) is 0 Å². The molecule has 1 aromatic carbocycles. The molecule has 8 nitrogen and oxygen atoms in total. The molecule has 9 heteroatoms. The molecule has 1 amide bonds. The van der Waals surface area contributed by atoms with Gasteiger partial charge in [-0.05, 0) is 18.2 Å². The number of ether oxygens (including phenoxy) is 3. The average molecular weight is 442 g/mol. The normalized spacial score (nSPS) is 19.1. The molecule has 2 aromatic rings. The second kappa shape index (κ2) is 8.96. The number of carbonyl (C=O) groups is 1. The number of fused-ring (bicyclic) bond motifs is 1. The zero-order valence-corrected chi connectivity index (χ0v) is 18.4. The van der Waals surface area contributed by atoms with E-state index in [0.717, 1.165) is 11.3 Å². The highest BCUT2D eigenvalue weighted by atomic mass is 32.2. The lowest BCUT2D eigenvalue weighted by Crippen LogP contribution is -2.46. The number of benzene rings is 1. The quantitative estimate of drug-likeness (QED) is 0.673. The summed E-state index contributed by atoms with van der Waals surface area (Å²) in [4.78, 5) is 16.9. The molecule has 1 saturated heterocycles. The third-order valence-corrected chi connectivity index (χ3v) is 6.63. The minimum atomic E-state index is -0.414. The van der Waals surface area contributed by atoms with Crippen LogP contribution >= 0.6 is 11.8 Å². The number of hydrogen-bond donors (Lipinski definition) is 0. The molecule has 1 fully saturated rings. The van der Waals surface area contributed by atoms with Gasteiger partial charge in [0.25, 0.3) is 0 Å². The number of amides is 1. The Labute approximate surface area is 184 Å². The molecule has 31 heavy (non-hydrogen) atoms. The molecule has 3 heterocycles. The Balaban J connectivity index is 1.68. The highest BCUT2D eigenvalue weighted by molar-refractivity contribution is 8.03. The fraction of sp³-hybridized carbons (Fsp3) is 0.364. The first-order chi connectivity index (χ1) is 15.1. The van der Waals surface area contributed by atoms with Crippen LogP contribution in [-0.2, 0) is 11.3 Å². The van der Waals surface area contributed by atoms with Crippen molar-refractivity contribution in [3.63, 3.8) is 0 Å². The number of nitriles is 1. The van der Waals surface area contributed by atoms with Crippen molar-refractivity contribution in [2.45, 2.75) is 18.9 Å². The van der Waals surface area contributed by atoms with Crippen molar-refractivity contribution < 1.29 is 23.4 Å². The first-order valence-electron chi connectivity index (χ1n) is 9.71. The van der Waals surface area contributed by atoms with E-state index in [2.05, 4.69) is 11.0 Å². The lowest BCUT2D eigenvalue weighted by Gasteiger charge is -2.41. The number of carbonyl (C=O) groups excluding carboxylic acids is 1. The number of thioether (sulfide) groups is 1. The second-order valence-corrected chi connectivity index (χ2v) is 8.11. The van der Waals surface area contributed by atoms with Crippen LogP contribution in [0.3, 0.4) is 0 Å². The lowest BCUT2D eigenvalue weighted by atomic mass is 9.85. The van der Waals surface area contributed by atoms with Crippen LogP contribution < -0.4 is 14.2 Å². The van der Waals surface area contributed by atoms with Crippen molar-refractivity contribution in [3.8, 4) is 23.3 Å². The number of nitrogens with zero attached hydrogens (tertiary/aromatic N) is 3. The van der Waals surface area contributed by atoms with Crippen molar-refractivity contribution in [1.82, 2.24) is 9.80 Å². The zero-order valence-electron chi connectivity index (χ0n) is 17.6. The third-order valence-electron chi connectivity index (χ3n) is 5.42. The van der Waals surface area contributed by atoms with E-state index in [0.29, 0.717) is 46.9 Å². The summed E-state index contributed by atoms with van der Waals surface area (Å²) in [5, 5.41) is 10.7. The Morgan fingerprint density at radius 2 is 1.94 bits per heavy atom. The van der Waals surface area contributed by atoms with Crippen LogP contribution in [0, 0.1) is 11.3 Å². The van der Waals surface area contributed by atoms with Gasteiger partial charge in [0.15, 0.2) is 11.5 Å². The van der Waals surface area contributed by atoms with Gasteiger partial charge >= 0.3 is 0 Å². The molecule has 4 rings (SSSR count). The van der Waals surface area contributed by atoms with Gasteiger partial charge in [-0.1, -0.05) is 11.8 Å². The summed E-state index contributed by atoms with van der Waals surface area (Å²) in [5.41, 5.74) is 1.29. The van der Waals surface area contributed by atoms with Crippen LogP contribution in [0.25, 0.3) is 0 Å². The molecule has 0 spiro atoms. The Hall–Kier alpha value is -3.09. The summed E-state index contributed by atoms with van der Waals surface area (Å²) in [6.07, 6.45) is 1.81. The summed E-state index contributed by atoms with van der Waals surface area (Å²) in [7, 11) is 4.66. The number of rotatable bonds is 6. The molecule has 1 aromatic heterocycles. The fourth-order valence-electron chi connectivity index (χ4n) is 3.92. The van der Waals surface area contributed by atoms with Crippen LogP contribution in [0.5, 0.6) is 17.2 Å². The van der Waals surface area contributed by atoms with Crippen LogP contribution in [0.2, 0.25) is 0 Å². The SMILES string of the molecule is COc1cc(OC)c([C@@H]2CC(=O)N3CN(Cc4ccco4)CSC3=C2C#N)cc1OC. The molecular weight excluding hydrogens is 418 g/mol. The fourth-order valence-corrected chi connectivity index (χ4v) is 5.06. The Morgan fingerprint density at radius 1 is 1.19 bits per heavy atom. The van der Waals surface area contributed by atoms with Gasteiger partial charge in [-0.2, -0.15) is 5.26 Å². The highest BCUT2D eigenvalue weighted by Crippen LogP contribution is 2.47. The van der Waals surface area contributed by atoms with E-state index in [9.17, 15) is 10.1 Å². The smallest absolute Gasteiger partial charge is 0.229 e. The van der Waals surface area contributed by atoms with E-state index >= 15 is 0 Å². The first-order valence-corrected chi connectivity index (χ1v) is 10.7. The van der Waals surface area contributed by atoms with E-state index in [-0.39, 0.29) is 12.3 Å². The highest BCUT2D eigenvalue weighted by Gasteiger charge is 2.39. The maximum Gasteiger partial charge on any atom is 0.229 e. The van der Waals surface area contributed by atoms with Crippen molar-refractivity contribution in [3.05, 3.63) is 52.5 Å². The summed E-state index contributed by atoms with van der Waals surface area (Å²) in [5.74, 6) is 2.65. The lowest BCUT2D eigenvalue weighted by molar-refractivity contribution is -0.132. The standard InChI is InChI=1S/C22H23N3O5S/c1-27-18-9-20(29-3)19(28-2)7-16(18)15-8-21(26)25-12-24(11-14-5-4-6-30-14)13-31-22(25)17(15)10-23/h4-7,9,15H,8,11-13H2,1-3H3/t15-/m0/s1. The number of allylic oxidation sites excluding steroid dienone is 1. The molecule has 0 bridgehead atoms. The maximum atomic E-state index is 13.1. The van der Waals surface area contributed by atoms with Gasteiger partial charge in [0, 0.05) is 24.0 Å². The maximum absolute atomic E-state index is 13.1. The van der Waals surface area contributed by atoms with Gasteiger partial charge in [-0.15, -0.1) is 0 Å². The van der Waals surface area contributed by atoms with Crippen molar-refractivity contribution >= 4 is 17.7 Å². The summed E-state index contributed by atoms with van der Waals surface area (Å²) >= 11 is 1.49. The first kappa shape index (κ1) is 21.2. The zero-order chi connectivity index (χ0) is 22.0. The molecule has 0 N–H and O–H groups in total. The molecule has 162 valence electrons. The van der Waals surface area contributed by atoms with Gasteiger partial charge in [-0.3, -0.25) is 14.6 Å². The van der Waals surface area contributed by atoms with Gasteiger partial charge in [0.2, 0.25) is 5.91 Å². The summed E-state index contributed by atoms with van der Waals surface area (Å²) in [6, 6.07) is 9.62. The predicted octanol–water partition coefficient (Wildman–Crippen LogP) is 3.52. The van der Waals surface area contributed by atoms with E-state index in [4.69, 9.17) is 18.6 Å². The summed E-state index contributed by atoms with van der Waals surface area (Å²) in [6.45, 7) is 1.02. The topological polar surface area (TPSA) is 88.2 Å². The number of hydrogen-bond acceptors (Lipinski definition) is 8. The van der Waals surface area contributed by atoms with Crippen LogP contribution in [-0.4, -0.2) is 49.6 Å². The minimum Gasteiger partial charge on any atom is -0.496 e. The molecule has 2 aliphatic rings. The van der Waals surface area contributed by atoms with Crippen LogP contribution in [0.15, 0.2) is 45.5 Å². The molecular formula is C22H23N3O5S. The van der Waals surface area contributed by atoms with E-state index in [1.165, 1.54) is 11.8 Å². The largest absolute Gasteiger partial charge is 0.496 e. The second-order valence-electron chi connectivity index (χ2n) is 7.18. The molecule has 2 aliphatic heterocycles. The number of methoxy groups -OCH3 is 3. The Morgan fingerprint density at radius 3 is 2.58 bits per heavy atom. The molecule has 0 aliphatic carbocycles. The molecule has 0 unspecified atom stereocenters. The van der Waals surface area contributed by atoms with Crippen LogP contribution in [0.1, 0.15) is 23.7 Å². The van der Waals surface area contributed by atoms with E-state index in [1.807, 2.05) is 12.1 Å². The molecule has 1 atom stereocenters. The van der Waals surface area contributed by atoms with Gasteiger partial charge in [0.05, 0.1) is 63.4 Å². The van der Waals surface area contributed by atoms with Crippen molar-refractivity contribution in [2.75, 3.05) is 33.9 Å². The van der Waals surface area contributed by atoms with Gasteiger partial charge < -0.3 is 18.6 Å². The molecule has 0 radical (unpaired) electrons. The Bertz CT molecular complexity index is 1040.